The van der Waals surface area contributed by atoms with Gasteiger partial charge in [0.25, 0.3) is 0 Å². The number of carboxylic acid groups (broad SMARTS) is 1. The largest absolute Gasteiger partial charge is 0.481 e. The van der Waals surface area contributed by atoms with Gasteiger partial charge in [0.2, 0.25) is 0 Å². The van der Waals surface area contributed by atoms with Crippen LogP contribution in [0.15, 0.2) is 0 Å². The summed E-state index contributed by atoms with van der Waals surface area (Å²) in [5.74, 6) is -0.864. The first-order chi connectivity index (χ1) is 7.34. The average molecular weight is 231 g/mol. The van der Waals surface area contributed by atoms with Crippen LogP contribution in [-0.4, -0.2) is 48.2 Å². The molecular weight excluding hydrogens is 210 g/mol. The summed E-state index contributed by atoms with van der Waals surface area (Å²) in [5.41, 5.74) is 0. The lowest BCUT2D eigenvalue weighted by Crippen LogP contribution is -2.38. The van der Waals surface area contributed by atoms with Gasteiger partial charge in [0, 0.05) is 6.54 Å². The van der Waals surface area contributed by atoms with Gasteiger partial charge in [-0.2, -0.15) is 0 Å². The summed E-state index contributed by atoms with van der Waals surface area (Å²) in [6.07, 6.45) is 0.0261. The minimum atomic E-state index is -0.866. The molecule has 1 N–H and O–H groups in total. The molecule has 0 amide bonds. The highest BCUT2D eigenvalue weighted by molar-refractivity contribution is 5.75. The van der Waals surface area contributed by atoms with Crippen LogP contribution >= 0.6 is 0 Å². The zero-order valence-corrected chi connectivity index (χ0v) is 10.4. The molecule has 0 aliphatic heterocycles. The van der Waals surface area contributed by atoms with Crippen molar-refractivity contribution < 1.29 is 19.4 Å². The van der Waals surface area contributed by atoms with Gasteiger partial charge in [0.1, 0.15) is 6.04 Å². The normalized spacial score (nSPS) is 12.9. The molecule has 5 heteroatoms. The predicted molar refractivity (Wildman–Crippen MR) is 60.1 cm³/mol. The second-order valence-corrected chi connectivity index (χ2v) is 4.32. The molecule has 0 fully saturated rings. The van der Waals surface area contributed by atoms with Gasteiger partial charge >= 0.3 is 11.9 Å². The molecule has 94 valence electrons. The van der Waals surface area contributed by atoms with E-state index in [0.717, 1.165) is 0 Å². The van der Waals surface area contributed by atoms with Crippen molar-refractivity contribution in [1.82, 2.24) is 4.90 Å². The van der Waals surface area contributed by atoms with Crippen LogP contribution in [0.25, 0.3) is 0 Å². The molecule has 0 spiro atoms. The van der Waals surface area contributed by atoms with Gasteiger partial charge < -0.3 is 9.84 Å². The lowest BCUT2D eigenvalue weighted by molar-refractivity contribution is -0.150. The molecule has 0 saturated heterocycles. The predicted octanol–water partition coefficient (Wildman–Crippen LogP) is 0.981. The van der Waals surface area contributed by atoms with Gasteiger partial charge in [-0.05, 0) is 19.9 Å². The molecule has 0 rings (SSSR count). The summed E-state index contributed by atoms with van der Waals surface area (Å²) in [7, 11) is 1.71. The Labute approximate surface area is 96.4 Å². The van der Waals surface area contributed by atoms with Crippen LogP contribution < -0.4 is 0 Å². The zero-order chi connectivity index (χ0) is 12.7. The minimum absolute atomic E-state index is 0.0261. The molecule has 0 aliphatic carbocycles. The van der Waals surface area contributed by atoms with Gasteiger partial charge in [0.05, 0.1) is 13.0 Å². The topological polar surface area (TPSA) is 66.8 Å². The fourth-order valence-electron chi connectivity index (χ4n) is 1.01. The van der Waals surface area contributed by atoms with E-state index in [-0.39, 0.29) is 12.4 Å². The summed E-state index contributed by atoms with van der Waals surface area (Å²) in [6.45, 7) is 6.38. The van der Waals surface area contributed by atoms with Crippen LogP contribution in [0.3, 0.4) is 0 Å². The summed E-state index contributed by atoms with van der Waals surface area (Å²) in [5, 5.41) is 8.52. The number of carbonyl (C=O) groups excluding carboxylic acids is 1. The van der Waals surface area contributed by atoms with Crippen LogP contribution in [0.1, 0.15) is 27.2 Å². The fraction of sp³-hybridized carbons (Fsp3) is 0.818. The van der Waals surface area contributed by atoms with E-state index in [1.165, 1.54) is 0 Å². The van der Waals surface area contributed by atoms with Gasteiger partial charge in [-0.25, -0.2) is 0 Å². The quantitative estimate of drug-likeness (QED) is 0.662. The first kappa shape index (κ1) is 14.9. The van der Waals surface area contributed by atoms with Crippen LogP contribution in [0.2, 0.25) is 0 Å². The smallest absolute Gasteiger partial charge is 0.323 e. The Hall–Kier alpha value is -1.10. The summed E-state index contributed by atoms with van der Waals surface area (Å²) < 4.78 is 5.07. The maximum Gasteiger partial charge on any atom is 0.323 e. The van der Waals surface area contributed by atoms with E-state index in [9.17, 15) is 9.59 Å². The number of aliphatic carboxylic acids is 1. The molecule has 0 bridgehead atoms. The molecule has 1 atom stereocenters. The molecule has 0 radical (unpaired) electrons. The van der Waals surface area contributed by atoms with Crippen molar-refractivity contribution in [3.63, 3.8) is 0 Å². The van der Waals surface area contributed by atoms with Crippen molar-refractivity contribution in [2.75, 3.05) is 20.2 Å². The third-order valence-corrected chi connectivity index (χ3v) is 2.24. The molecule has 16 heavy (non-hydrogen) atoms. The molecule has 0 aliphatic rings. The first-order valence-electron chi connectivity index (χ1n) is 5.43. The van der Waals surface area contributed by atoms with Gasteiger partial charge in [0.15, 0.2) is 0 Å². The standard InChI is InChI=1S/C11H21NO4/c1-8(2)7-16-11(15)9(3)12(4)6-5-10(13)14/h8-9H,5-7H2,1-4H3,(H,13,14). The minimum Gasteiger partial charge on any atom is -0.481 e. The van der Waals surface area contributed by atoms with E-state index < -0.39 is 12.0 Å². The van der Waals surface area contributed by atoms with Crippen molar-refractivity contribution in [3.05, 3.63) is 0 Å². The Morgan fingerprint density at radius 1 is 1.31 bits per heavy atom. The average Bonchev–Trinajstić information content (AvgIpc) is 2.21. The van der Waals surface area contributed by atoms with E-state index in [2.05, 4.69) is 0 Å². The number of esters is 1. The van der Waals surface area contributed by atoms with Crippen molar-refractivity contribution in [3.8, 4) is 0 Å². The number of likely N-dealkylation sites (N-methyl/N-ethyl adjacent to an activating group) is 1. The molecule has 1 unspecified atom stereocenters. The molecule has 0 heterocycles. The number of ether oxygens (including phenoxy) is 1. The summed E-state index contributed by atoms with van der Waals surface area (Å²) in [4.78, 5) is 23.6. The molecule has 0 aromatic rings. The molecular formula is C11H21NO4. The monoisotopic (exact) mass is 231 g/mol. The molecule has 0 saturated carbocycles. The SMILES string of the molecule is CC(C)COC(=O)C(C)N(C)CCC(=O)O. The highest BCUT2D eigenvalue weighted by Crippen LogP contribution is 2.02. The van der Waals surface area contributed by atoms with Crippen molar-refractivity contribution in [1.29, 1.82) is 0 Å². The number of carboxylic acids is 1. The summed E-state index contributed by atoms with van der Waals surface area (Å²) in [6, 6.07) is -0.405. The van der Waals surface area contributed by atoms with Crippen LogP contribution in [0.4, 0.5) is 0 Å². The summed E-state index contributed by atoms with van der Waals surface area (Å²) >= 11 is 0. The Morgan fingerprint density at radius 3 is 2.31 bits per heavy atom. The third kappa shape index (κ3) is 6.40. The first-order valence-corrected chi connectivity index (χ1v) is 5.43. The van der Waals surface area contributed by atoms with E-state index in [1.54, 1.807) is 18.9 Å². The maximum absolute atomic E-state index is 11.5. The zero-order valence-electron chi connectivity index (χ0n) is 10.4. The third-order valence-electron chi connectivity index (χ3n) is 2.24. The number of carbonyl (C=O) groups is 2. The van der Waals surface area contributed by atoms with Gasteiger partial charge in [-0.1, -0.05) is 13.8 Å². The molecule has 5 nitrogen and oxygen atoms in total. The fourth-order valence-corrected chi connectivity index (χ4v) is 1.01. The van der Waals surface area contributed by atoms with Crippen LogP contribution in [0, 0.1) is 5.92 Å². The lowest BCUT2D eigenvalue weighted by atomic mass is 10.2. The van der Waals surface area contributed by atoms with Crippen molar-refractivity contribution in [2.45, 2.75) is 33.2 Å². The van der Waals surface area contributed by atoms with E-state index >= 15 is 0 Å². The highest BCUT2D eigenvalue weighted by Gasteiger charge is 2.20. The van der Waals surface area contributed by atoms with E-state index in [0.29, 0.717) is 19.1 Å². The Morgan fingerprint density at radius 2 is 1.88 bits per heavy atom. The second kappa shape index (κ2) is 7.22. The number of nitrogens with zero attached hydrogens (tertiary/aromatic N) is 1. The second-order valence-electron chi connectivity index (χ2n) is 4.32. The molecule has 0 aromatic heterocycles. The number of hydrogen-bond acceptors (Lipinski definition) is 4. The number of hydrogen-bond donors (Lipinski definition) is 1. The Kier molecular flexibility index (Phi) is 6.72. The van der Waals surface area contributed by atoms with Gasteiger partial charge in [-0.3, -0.25) is 14.5 Å². The van der Waals surface area contributed by atoms with E-state index in [4.69, 9.17) is 9.84 Å². The van der Waals surface area contributed by atoms with Crippen LogP contribution in [-0.2, 0) is 14.3 Å². The van der Waals surface area contributed by atoms with Gasteiger partial charge in [-0.15, -0.1) is 0 Å². The lowest BCUT2D eigenvalue weighted by Gasteiger charge is -2.22. The highest BCUT2D eigenvalue weighted by atomic mass is 16.5. The molecule has 0 aromatic carbocycles. The Balaban J connectivity index is 3.96. The maximum atomic E-state index is 11.5. The number of rotatable bonds is 7. The van der Waals surface area contributed by atoms with Crippen LogP contribution in [0.5, 0.6) is 0 Å². The van der Waals surface area contributed by atoms with E-state index in [1.807, 2.05) is 13.8 Å². The van der Waals surface area contributed by atoms with Crippen molar-refractivity contribution >= 4 is 11.9 Å². The van der Waals surface area contributed by atoms with Crippen molar-refractivity contribution in [2.24, 2.45) is 5.92 Å². The Bertz CT molecular complexity index is 240.